The molecule has 19 heavy (non-hydrogen) atoms. The van der Waals surface area contributed by atoms with E-state index in [0.29, 0.717) is 11.3 Å². The van der Waals surface area contributed by atoms with E-state index >= 15 is 0 Å². The van der Waals surface area contributed by atoms with Gasteiger partial charge in [0.05, 0.1) is 17.5 Å². The number of aliphatic hydroxyl groups excluding tert-OH is 1. The molecule has 1 heterocycles. The topological polar surface area (TPSA) is 69.6 Å². The number of amides is 1. The molecule has 4 nitrogen and oxygen atoms in total. The van der Waals surface area contributed by atoms with Gasteiger partial charge >= 0.3 is 0 Å². The van der Waals surface area contributed by atoms with Crippen molar-refractivity contribution in [3.8, 4) is 5.75 Å². The first-order chi connectivity index (χ1) is 9.19. The van der Waals surface area contributed by atoms with Crippen LogP contribution in [0.5, 0.6) is 5.75 Å². The Kier molecular flexibility index (Phi) is 4.54. The van der Waals surface area contributed by atoms with Crippen LogP contribution in [-0.2, 0) is 6.42 Å². The van der Waals surface area contributed by atoms with Crippen molar-refractivity contribution in [2.45, 2.75) is 12.5 Å². The van der Waals surface area contributed by atoms with Crippen LogP contribution in [0.4, 0.5) is 0 Å². The lowest BCUT2D eigenvalue weighted by molar-refractivity contribution is 0.0920. The molecule has 5 heteroatoms. The van der Waals surface area contributed by atoms with E-state index in [2.05, 4.69) is 5.32 Å². The Labute approximate surface area is 115 Å². The van der Waals surface area contributed by atoms with Crippen LogP contribution in [0.25, 0.3) is 0 Å². The number of nitrogens with one attached hydrogen (secondary N) is 1. The maximum absolute atomic E-state index is 11.9. The van der Waals surface area contributed by atoms with Crippen LogP contribution in [0.3, 0.4) is 0 Å². The van der Waals surface area contributed by atoms with Gasteiger partial charge < -0.3 is 15.5 Å². The zero-order valence-corrected chi connectivity index (χ0v) is 11.1. The van der Waals surface area contributed by atoms with Gasteiger partial charge in [-0.25, -0.2) is 0 Å². The molecule has 1 atom stereocenters. The quantitative estimate of drug-likeness (QED) is 0.780. The number of hydrogen-bond donors (Lipinski definition) is 3. The van der Waals surface area contributed by atoms with Crippen LogP contribution in [0.2, 0.25) is 0 Å². The van der Waals surface area contributed by atoms with E-state index in [1.165, 1.54) is 11.3 Å². The molecule has 2 aromatic rings. The van der Waals surface area contributed by atoms with E-state index in [1.54, 1.807) is 30.3 Å². The van der Waals surface area contributed by atoms with Gasteiger partial charge in [-0.05, 0) is 35.6 Å². The molecule has 2 rings (SSSR count). The van der Waals surface area contributed by atoms with Crippen molar-refractivity contribution in [2.24, 2.45) is 0 Å². The third-order valence-corrected chi connectivity index (χ3v) is 3.59. The third-order valence-electron chi connectivity index (χ3n) is 2.72. The second kappa shape index (κ2) is 6.36. The number of rotatable bonds is 5. The fraction of sp³-hybridized carbons (Fsp3) is 0.214. The molecule has 1 amide bonds. The van der Waals surface area contributed by atoms with Gasteiger partial charge in [0.25, 0.3) is 5.91 Å². The molecule has 0 saturated heterocycles. The average Bonchev–Trinajstić information content (AvgIpc) is 2.94. The van der Waals surface area contributed by atoms with Crippen molar-refractivity contribution in [1.29, 1.82) is 0 Å². The van der Waals surface area contributed by atoms with Gasteiger partial charge in [-0.3, -0.25) is 4.79 Å². The largest absolute Gasteiger partial charge is 0.508 e. The lowest BCUT2D eigenvalue weighted by Crippen LogP contribution is -2.38. The summed E-state index contributed by atoms with van der Waals surface area (Å²) >= 11 is 1.37. The summed E-state index contributed by atoms with van der Waals surface area (Å²) in [6.45, 7) is -0.127. The molecule has 0 bridgehead atoms. The number of thiophene rings is 1. The highest BCUT2D eigenvalue weighted by Crippen LogP contribution is 2.12. The van der Waals surface area contributed by atoms with Gasteiger partial charge in [0.15, 0.2) is 0 Å². The van der Waals surface area contributed by atoms with Crippen LogP contribution >= 0.6 is 11.3 Å². The molecule has 3 N–H and O–H groups in total. The molecule has 1 aromatic heterocycles. The van der Waals surface area contributed by atoms with Gasteiger partial charge in [0, 0.05) is 0 Å². The van der Waals surface area contributed by atoms with Crippen molar-refractivity contribution < 1.29 is 15.0 Å². The Bertz CT molecular complexity index is 522. The van der Waals surface area contributed by atoms with Gasteiger partial charge in [0.2, 0.25) is 0 Å². The van der Waals surface area contributed by atoms with Gasteiger partial charge in [-0.2, -0.15) is 0 Å². The first-order valence-electron chi connectivity index (χ1n) is 5.92. The second-order valence-electron chi connectivity index (χ2n) is 4.20. The summed E-state index contributed by atoms with van der Waals surface area (Å²) in [6, 6.07) is 9.95. The van der Waals surface area contributed by atoms with Crippen LogP contribution in [0.1, 0.15) is 15.2 Å². The number of carbonyl (C=O) groups is 1. The molecule has 0 aliphatic rings. The summed E-state index contributed by atoms with van der Waals surface area (Å²) in [7, 11) is 0. The smallest absolute Gasteiger partial charge is 0.261 e. The Morgan fingerprint density at radius 3 is 2.58 bits per heavy atom. The van der Waals surface area contributed by atoms with Crippen LogP contribution in [-0.4, -0.2) is 28.8 Å². The fourth-order valence-electron chi connectivity index (χ4n) is 1.74. The number of aromatic hydroxyl groups is 1. The molecule has 0 saturated carbocycles. The van der Waals surface area contributed by atoms with Crippen LogP contribution in [0, 0.1) is 0 Å². The molecule has 0 fully saturated rings. The van der Waals surface area contributed by atoms with Crippen molar-refractivity contribution in [1.82, 2.24) is 5.32 Å². The average molecular weight is 277 g/mol. The summed E-state index contributed by atoms with van der Waals surface area (Å²) in [4.78, 5) is 12.5. The number of phenolic OH excluding ortho intramolecular Hbond substituents is 1. The van der Waals surface area contributed by atoms with E-state index < -0.39 is 0 Å². The summed E-state index contributed by atoms with van der Waals surface area (Å²) in [6.07, 6.45) is 0.522. The van der Waals surface area contributed by atoms with Crippen molar-refractivity contribution >= 4 is 17.2 Å². The third kappa shape index (κ3) is 3.81. The highest BCUT2D eigenvalue weighted by molar-refractivity contribution is 7.12. The predicted octanol–water partition coefficient (Wildman–Crippen LogP) is 1.79. The van der Waals surface area contributed by atoms with Crippen molar-refractivity contribution in [3.05, 3.63) is 52.2 Å². The predicted molar refractivity (Wildman–Crippen MR) is 74.5 cm³/mol. The zero-order valence-electron chi connectivity index (χ0n) is 10.2. The second-order valence-corrected chi connectivity index (χ2v) is 5.15. The highest BCUT2D eigenvalue weighted by atomic mass is 32.1. The SMILES string of the molecule is O=C(N[C@H](CO)Cc1ccc(O)cc1)c1cccs1. The molecular weight excluding hydrogens is 262 g/mol. The Morgan fingerprint density at radius 2 is 2.00 bits per heavy atom. The molecule has 1 aromatic carbocycles. The van der Waals surface area contributed by atoms with E-state index in [-0.39, 0.29) is 24.3 Å². The van der Waals surface area contributed by atoms with Crippen LogP contribution < -0.4 is 5.32 Å². The maximum Gasteiger partial charge on any atom is 0.261 e. The normalized spacial score (nSPS) is 12.1. The number of aliphatic hydroxyl groups is 1. The van der Waals surface area contributed by atoms with Gasteiger partial charge in [-0.1, -0.05) is 18.2 Å². The molecular formula is C14H15NO3S. The van der Waals surface area contributed by atoms with E-state index in [9.17, 15) is 15.0 Å². The Hall–Kier alpha value is -1.85. The number of carbonyl (C=O) groups excluding carboxylic acids is 1. The monoisotopic (exact) mass is 277 g/mol. The number of benzene rings is 1. The van der Waals surface area contributed by atoms with Gasteiger partial charge in [-0.15, -0.1) is 11.3 Å². The fourth-order valence-corrected chi connectivity index (χ4v) is 2.37. The summed E-state index contributed by atoms with van der Waals surface area (Å²) in [5.74, 6) is 0.0275. The minimum absolute atomic E-state index is 0.127. The molecule has 0 spiro atoms. The molecule has 0 aliphatic heterocycles. The summed E-state index contributed by atoms with van der Waals surface area (Å²) in [5, 5.41) is 23.2. The summed E-state index contributed by atoms with van der Waals surface area (Å²) < 4.78 is 0. The Balaban J connectivity index is 1.97. The highest BCUT2D eigenvalue weighted by Gasteiger charge is 2.14. The number of phenols is 1. The lowest BCUT2D eigenvalue weighted by Gasteiger charge is -2.15. The standard InChI is InChI=1S/C14H15NO3S/c16-9-11(8-10-3-5-12(17)6-4-10)15-14(18)13-2-1-7-19-13/h1-7,11,16-17H,8-9H2,(H,15,18)/t11-/m0/s1. The first-order valence-corrected chi connectivity index (χ1v) is 6.80. The molecule has 100 valence electrons. The summed E-state index contributed by atoms with van der Waals surface area (Å²) in [5.41, 5.74) is 0.948. The Morgan fingerprint density at radius 1 is 1.26 bits per heavy atom. The molecule has 0 aliphatic carbocycles. The van der Waals surface area contributed by atoms with Crippen molar-refractivity contribution in [3.63, 3.8) is 0 Å². The number of hydrogen-bond acceptors (Lipinski definition) is 4. The van der Waals surface area contributed by atoms with Crippen LogP contribution in [0.15, 0.2) is 41.8 Å². The van der Waals surface area contributed by atoms with E-state index in [1.807, 2.05) is 11.4 Å². The lowest BCUT2D eigenvalue weighted by atomic mass is 10.1. The van der Waals surface area contributed by atoms with E-state index in [0.717, 1.165) is 5.56 Å². The van der Waals surface area contributed by atoms with Crippen molar-refractivity contribution in [2.75, 3.05) is 6.61 Å². The zero-order chi connectivity index (χ0) is 13.7. The first kappa shape index (κ1) is 13.6. The molecule has 0 unspecified atom stereocenters. The minimum Gasteiger partial charge on any atom is -0.508 e. The van der Waals surface area contributed by atoms with Gasteiger partial charge in [0.1, 0.15) is 5.75 Å². The van der Waals surface area contributed by atoms with E-state index in [4.69, 9.17) is 0 Å². The molecule has 0 radical (unpaired) electrons. The maximum atomic E-state index is 11.9. The minimum atomic E-state index is -0.334.